The van der Waals surface area contributed by atoms with E-state index < -0.39 is 0 Å². The fourth-order valence-electron chi connectivity index (χ4n) is 2.82. The molecular formula is C14H23N7. The Balaban J connectivity index is 1.67. The van der Waals surface area contributed by atoms with E-state index >= 15 is 0 Å². The highest BCUT2D eigenvalue weighted by Gasteiger charge is 2.19. The zero-order chi connectivity index (χ0) is 14.7. The first kappa shape index (κ1) is 14.2. The van der Waals surface area contributed by atoms with Gasteiger partial charge in [0.2, 0.25) is 0 Å². The van der Waals surface area contributed by atoms with Crippen molar-refractivity contribution in [1.82, 2.24) is 24.5 Å². The monoisotopic (exact) mass is 289 g/mol. The maximum absolute atomic E-state index is 5.55. The average Bonchev–Trinajstić information content (AvgIpc) is 2.95. The van der Waals surface area contributed by atoms with Gasteiger partial charge in [0.25, 0.3) is 5.78 Å². The van der Waals surface area contributed by atoms with Gasteiger partial charge in [-0.15, -0.1) is 0 Å². The van der Waals surface area contributed by atoms with E-state index in [2.05, 4.69) is 30.9 Å². The molecule has 2 aromatic rings. The van der Waals surface area contributed by atoms with Gasteiger partial charge in [-0.1, -0.05) is 0 Å². The quantitative estimate of drug-likeness (QED) is 0.798. The van der Waals surface area contributed by atoms with Gasteiger partial charge in [0.15, 0.2) is 0 Å². The van der Waals surface area contributed by atoms with E-state index in [4.69, 9.17) is 5.73 Å². The van der Waals surface area contributed by atoms with E-state index in [0.717, 1.165) is 57.2 Å². The molecule has 7 heteroatoms. The Morgan fingerprint density at radius 2 is 2.00 bits per heavy atom. The molecule has 0 spiro atoms. The van der Waals surface area contributed by atoms with Crippen molar-refractivity contribution in [3.63, 3.8) is 0 Å². The predicted octanol–water partition coefficient (Wildman–Crippen LogP) is 0.294. The standard InChI is InChI=1S/C14H23N7/c1-12-10-13(21-14(18-12)16-11-17-21)20-8-6-19(7-9-20)5-3-2-4-15/h10-11H,2-9,15H2,1H3. The van der Waals surface area contributed by atoms with Gasteiger partial charge in [-0.2, -0.15) is 14.6 Å². The highest BCUT2D eigenvalue weighted by atomic mass is 15.4. The lowest BCUT2D eigenvalue weighted by atomic mass is 10.2. The van der Waals surface area contributed by atoms with Crippen molar-refractivity contribution in [2.75, 3.05) is 44.2 Å². The third-order valence-electron chi connectivity index (χ3n) is 3.99. The maximum Gasteiger partial charge on any atom is 0.254 e. The van der Waals surface area contributed by atoms with Crippen molar-refractivity contribution in [2.24, 2.45) is 5.73 Å². The Morgan fingerprint density at radius 3 is 2.76 bits per heavy atom. The van der Waals surface area contributed by atoms with Gasteiger partial charge < -0.3 is 10.6 Å². The van der Waals surface area contributed by atoms with Crippen LogP contribution < -0.4 is 10.6 Å². The van der Waals surface area contributed by atoms with E-state index in [9.17, 15) is 0 Å². The second kappa shape index (κ2) is 6.36. The van der Waals surface area contributed by atoms with Crippen LogP contribution in [0, 0.1) is 6.92 Å². The molecule has 0 bridgehead atoms. The van der Waals surface area contributed by atoms with Gasteiger partial charge >= 0.3 is 0 Å². The zero-order valence-corrected chi connectivity index (χ0v) is 12.6. The number of piperazine rings is 1. The number of nitrogens with zero attached hydrogens (tertiary/aromatic N) is 6. The van der Waals surface area contributed by atoms with Crippen molar-refractivity contribution < 1.29 is 0 Å². The average molecular weight is 289 g/mol. The van der Waals surface area contributed by atoms with Crippen molar-refractivity contribution in [1.29, 1.82) is 0 Å². The van der Waals surface area contributed by atoms with Gasteiger partial charge in [0, 0.05) is 37.9 Å². The van der Waals surface area contributed by atoms with Gasteiger partial charge in [0.1, 0.15) is 12.1 Å². The van der Waals surface area contributed by atoms with Crippen LogP contribution in [0.2, 0.25) is 0 Å². The molecule has 1 aliphatic rings. The smallest absolute Gasteiger partial charge is 0.254 e. The number of aromatic nitrogens is 4. The predicted molar refractivity (Wildman–Crippen MR) is 82.5 cm³/mol. The fraction of sp³-hybridized carbons (Fsp3) is 0.643. The van der Waals surface area contributed by atoms with Crippen LogP contribution in [0.25, 0.3) is 5.78 Å². The highest BCUT2D eigenvalue weighted by Crippen LogP contribution is 2.17. The molecule has 21 heavy (non-hydrogen) atoms. The van der Waals surface area contributed by atoms with Crippen LogP contribution in [0.15, 0.2) is 12.4 Å². The molecule has 7 nitrogen and oxygen atoms in total. The van der Waals surface area contributed by atoms with Crippen LogP contribution in [0.4, 0.5) is 5.82 Å². The van der Waals surface area contributed by atoms with Gasteiger partial charge in [0.05, 0.1) is 0 Å². The molecule has 1 fully saturated rings. The van der Waals surface area contributed by atoms with Crippen molar-refractivity contribution in [3.8, 4) is 0 Å². The van der Waals surface area contributed by atoms with Crippen LogP contribution in [0.1, 0.15) is 18.5 Å². The topological polar surface area (TPSA) is 75.6 Å². The molecule has 2 aromatic heterocycles. The molecule has 2 N–H and O–H groups in total. The first-order chi connectivity index (χ1) is 10.3. The summed E-state index contributed by atoms with van der Waals surface area (Å²) in [7, 11) is 0. The van der Waals surface area contributed by atoms with Crippen LogP contribution in [-0.4, -0.2) is 63.8 Å². The normalized spacial score (nSPS) is 16.8. The summed E-state index contributed by atoms with van der Waals surface area (Å²) in [6, 6.07) is 2.09. The minimum atomic E-state index is 0.676. The maximum atomic E-state index is 5.55. The molecule has 1 saturated heterocycles. The number of unbranched alkanes of at least 4 members (excludes halogenated alkanes) is 1. The summed E-state index contributed by atoms with van der Waals surface area (Å²) >= 11 is 0. The summed E-state index contributed by atoms with van der Waals surface area (Å²) in [5.41, 5.74) is 6.53. The van der Waals surface area contributed by atoms with Crippen molar-refractivity contribution in [3.05, 3.63) is 18.1 Å². The summed E-state index contributed by atoms with van der Waals surface area (Å²) in [5, 5.41) is 4.29. The third kappa shape index (κ3) is 3.14. The summed E-state index contributed by atoms with van der Waals surface area (Å²) in [6.07, 6.45) is 3.87. The van der Waals surface area contributed by atoms with Crippen molar-refractivity contribution in [2.45, 2.75) is 19.8 Å². The number of hydrogen-bond donors (Lipinski definition) is 1. The van der Waals surface area contributed by atoms with E-state index in [0.29, 0.717) is 5.78 Å². The van der Waals surface area contributed by atoms with E-state index in [1.807, 2.05) is 11.4 Å². The molecule has 0 aliphatic carbocycles. The molecule has 0 unspecified atom stereocenters. The van der Waals surface area contributed by atoms with Gasteiger partial charge in [-0.05, 0) is 32.9 Å². The minimum Gasteiger partial charge on any atom is -0.354 e. The van der Waals surface area contributed by atoms with E-state index in [1.54, 1.807) is 6.33 Å². The molecule has 0 aromatic carbocycles. The highest BCUT2D eigenvalue weighted by molar-refractivity contribution is 5.47. The Morgan fingerprint density at radius 1 is 1.19 bits per heavy atom. The Hall–Kier alpha value is -1.73. The Kier molecular flexibility index (Phi) is 4.31. The lowest BCUT2D eigenvalue weighted by Gasteiger charge is -2.35. The summed E-state index contributed by atoms with van der Waals surface area (Å²) in [5.74, 6) is 1.77. The minimum absolute atomic E-state index is 0.676. The van der Waals surface area contributed by atoms with Gasteiger partial charge in [-0.3, -0.25) is 4.90 Å². The first-order valence-corrected chi connectivity index (χ1v) is 7.62. The van der Waals surface area contributed by atoms with E-state index in [-0.39, 0.29) is 0 Å². The Bertz CT molecular complexity index is 586. The molecular weight excluding hydrogens is 266 g/mol. The SMILES string of the molecule is Cc1cc(N2CCN(CCCCN)CC2)n2ncnc2n1. The zero-order valence-electron chi connectivity index (χ0n) is 12.6. The summed E-state index contributed by atoms with van der Waals surface area (Å²) in [4.78, 5) is 13.5. The second-order valence-corrected chi connectivity index (χ2v) is 5.55. The summed E-state index contributed by atoms with van der Waals surface area (Å²) < 4.78 is 1.83. The molecule has 114 valence electrons. The lowest BCUT2D eigenvalue weighted by molar-refractivity contribution is 0.252. The van der Waals surface area contributed by atoms with Crippen LogP contribution in [-0.2, 0) is 0 Å². The number of fused-ring (bicyclic) bond motifs is 1. The third-order valence-corrected chi connectivity index (χ3v) is 3.99. The molecule has 0 saturated carbocycles. The first-order valence-electron chi connectivity index (χ1n) is 7.62. The van der Waals surface area contributed by atoms with Crippen LogP contribution in [0.3, 0.4) is 0 Å². The van der Waals surface area contributed by atoms with Crippen LogP contribution >= 0.6 is 0 Å². The molecule has 3 heterocycles. The molecule has 3 rings (SSSR count). The fourth-order valence-corrected chi connectivity index (χ4v) is 2.82. The van der Waals surface area contributed by atoms with Gasteiger partial charge in [-0.25, -0.2) is 4.98 Å². The molecule has 0 radical (unpaired) electrons. The number of anilines is 1. The summed E-state index contributed by atoms with van der Waals surface area (Å²) in [6.45, 7) is 8.15. The Labute approximate surface area is 124 Å². The lowest BCUT2D eigenvalue weighted by Crippen LogP contribution is -2.47. The number of nitrogens with two attached hydrogens (primary N) is 1. The van der Waals surface area contributed by atoms with Crippen molar-refractivity contribution >= 4 is 11.6 Å². The number of aryl methyl sites for hydroxylation is 1. The van der Waals surface area contributed by atoms with E-state index in [1.165, 1.54) is 6.42 Å². The second-order valence-electron chi connectivity index (χ2n) is 5.55. The molecule has 0 amide bonds. The largest absolute Gasteiger partial charge is 0.354 e. The number of rotatable bonds is 5. The van der Waals surface area contributed by atoms with Crippen LogP contribution in [0.5, 0.6) is 0 Å². The molecule has 1 aliphatic heterocycles. The molecule has 0 atom stereocenters. The number of hydrogen-bond acceptors (Lipinski definition) is 6.